The summed E-state index contributed by atoms with van der Waals surface area (Å²) in [6.45, 7) is 6.77. The second-order valence-corrected chi connectivity index (χ2v) is 6.92. The first-order valence-corrected chi connectivity index (χ1v) is 9.57. The molecule has 3 rings (SSSR count). The predicted molar refractivity (Wildman–Crippen MR) is 110 cm³/mol. The van der Waals surface area contributed by atoms with E-state index in [0.717, 1.165) is 50.3 Å². The van der Waals surface area contributed by atoms with E-state index >= 15 is 0 Å². The van der Waals surface area contributed by atoms with Gasteiger partial charge in [0, 0.05) is 31.4 Å². The maximum Gasteiger partial charge on any atom is 0.250 e. The fourth-order valence-electron chi connectivity index (χ4n) is 3.69. The van der Waals surface area contributed by atoms with E-state index in [9.17, 15) is 4.79 Å². The highest BCUT2D eigenvalue weighted by molar-refractivity contribution is 6.01. The molecule has 142 valence electrons. The summed E-state index contributed by atoms with van der Waals surface area (Å²) in [5, 5.41) is 0. The molecule has 0 spiro atoms. The summed E-state index contributed by atoms with van der Waals surface area (Å²) in [5.41, 5.74) is 2.28. The van der Waals surface area contributed by atoms with Crippen molar-refractivity contribution in [1.82, 2.24) is 4.90 Å². The summed E-state index contributed by atoms with van der Waals surface area (Å²) >= 11 is 0. The molecule has 0 aliphatic carbocycles. The Morgan fingerprint density at radius 1 is 1.15 bits per heavy atom. The lowest BCUT2D eigenvalue weighted by molar-refractivity contribution is -0.114. The Morgan fingerprint density at radius 3 is 2.41 bits per heavy atom. The lowest BCUT2D eigenvalue weighted by Crippen LogP contribution is -2.47. The number of hydrogen-bond donors (Lipinski definition) is 0. The number of rotatable bonds is 7. The molecule has 1 aliphatic rings. The van der Waals surface area contributed by atoms with Crippen molar-refractivity contribution in [1.29, 1.82) is 0 Å². The van der Waals surface area contributed by atoms with Crippen molar-refractivity contribution in [3.05, 3.63) is 72.8 Å². The molecule has 0 aromatic heterocycles. The molecular formula is C23H28N2O2. The first-order chi connectivity index (χ1) is 13.2. The highest BCUT2D eigenvalue weighted by Gasteiger charge is 2.27. The molecule has 0 N–H and O–H groups in total. The van der Waals surface area contributed by atoms with Gasteiger partial charge in [-0.3, -0.25) is 4.79 Å². The van der Waals surface area contributed by atoms with Gasteiger partial charge in [-0.05, 0) is 55.2 Å². The normalized spacial score (nSPS) is 15.3. The molecule has 0 bridgehead atoms. The SMILES string of the molecule is C=CC(=O)N(c1ccc(OC)cc1)C1CCN(CCc2ccccc2)CC1. The van der Waals surface area contributed by atoms with Crippen molar-refractivity contribution >= 4 is 11.6 Å². The second kappa shape index (κ2) is 9.38. The zero-order valence-electron chi connectivity index (χ0n) is 16.0. The number of carbonyl (C=O) groups is 1. The van der Waals surface area contributed by atoms with Crippen LogP contribution in [0.4, 0.5) is 5.69 Å². The Hall–Kier alpha value is -2.59. The zero-order valence-corrected chi connectivity index (χ0v) is 16.0. The van der Waals surface area contributed by atoms with Crippen LogP contribution in [0.2, 0.25) is 0 Å². The average Bonchev–Trinajstić information content (AvgIpc) is 2.74. The van der Waals surface area contributed by atoms with Gasteiger partial charge < -0.3 is 14.5 Å². The van der Waals surface area contributed by atoms with E-state index < -0.39 is 0 Å². The van der Waals surface area contributed by atoms with E-state index in [1.807, 2.05) is 29.2 Å². The van der Waals surface area contributed by atoms with Crippen LogP contribution in [0.25, 0.3) is 0 Å². The maximum atomic E-state index is 12.5. The number of piperidine rings is 1. The molecule has 1 amide bonds. The number of benzene rings is 2. The number of methoxy groups -OCH3 is 1. The quantitative estimate of drug-likeness (QED) is 0.698. The summed E-state index contributed by atoms with van der Waals surface area (Å²) < 4.78 is 5.23. The molecule has 2 aromatic rings. The molecule has 0 radical (unpaired) electrons. The standard InChI is InChI=1S/C23H28N2O2/c1-3-23(26)25(20-9-11-22(27-2)12-10-20)21-14-17-24(18-15-21)16-13-19-7-5-4-6-8-19/h3-12,21H,1,13-18H2,2H3. The summed E-state index contributed by atoms with van der Waals surface area (Å²) in [7, 11) is 1.65. The molecule has 0 atom stereocenters. The van der Waals surface area contributed by atoms with Crippen LogP contribution in [0.3, 0.4) is 0 Å². The molecule has 4 heteroatoms. The Kier molecular flexibility index (Phi) is 6.66. The molecule has 1 fully saturated rings. The van der Waals surface area contributed by atoms with Gasteiger partial charge in [-0.1, -0.05) is 36.9 Å². The number of ether oxygens (including phenoxy) is 1. The van der Waals surface area contributed by atoms with Gasteiger partial charge in [-0.25, -0.2) is 0 Å². The number of nitrogens with zero attached hydrogens (tertiary/aromatic N) is 2. The Morgan fingerprint density at radius 2 is 1.81 bits per heavy atom. The van der Waals surface area contributed by atoms with Crippen LogP contribution in [0.1, 0.15) is 18.4 Å². The Balaban J connectivity index is 1.60. The number of anilines is 1. The van der Waals surface area contributed by atoms with E-state index in [1.165, 1.54) is 11.6 Å². The van der Waals surface area contributed by atoms with Crippen LogP contribution in [0, 0.1) is 0 Å². The maximum absolute atomic E-state index is 12.5. The number of carbonyl (C=O) groups excluding carboxylic acids is 1. The predicted octanol–water partition coefficient (Wildman–Crippen LogP) is 3.92. The molecule has 0 saturated carbocycles. The van der Waals surface area contributed by atoms with E-state index in [0.29, 0.717) is 0 Å². The Labute approximate surface area is 162 Å². The minimum Gasteiger partial charge on any atom is -0.497 e. The second-order valence-electron chi connectivity index (χ2n) is 6.92. The van der Waals surface area contributed by atoms with E-state index in [4.69, 9.17) is 4.74 Å². The average molecular weight is 364 g/mol. The fourth-order valence-corrected chi connectivity index (χ4v) is 3.69. The smallest absolute Gasteiger partial charge is 0.250 e. The van der Waals surface area contributed by atoms with Crippen LogP contribution < -0.4 is 9.64 Å². The lowest BCUT2D eigenvalue weighted by Gasteiger charge is -2.38. The summed E-state index contributed by atoms with van der Waals surface area (Å²) in [6, 6.07) is 18.5. The van der Waals surface area contributed by atoms with Crippen LogP contribution in [0.15, 0.2) is 67.3 Å². The third-order valence-electron chi connectivity index (χ3n) is 5.24. The van der Waals surface area contributed by atoms with Crippen LogP contribution in [-0.2, 0) is 11.2 Å². The first kappa shape index (κ1) is 19.2. The van der Waals surface area contributed by atoms with Gasteiger partial charge in [0.15, 0.2) is 0 Å². The third kappa shape index (κ3) is 4.98. The molecular weight excluding hydrogens is 336 g/mol. The van der Waals surface area contributed by atoms with Crippen LogP contribution in [-0.4, -0.2) is 43.6 Å². The summed E-state index contributed by atoms with van der Waals surface area (Å²) in [5.74, 6) is 0.753. The fraction of sp³-hybridized carbons (Fsp3) is 0.348. The summed E-state index contributed by atoms with van der Waals surface area (Å²) in [6.07, 6.45) is 4.42. The molecule has 4 nitrogen and oxygen atoms in total. The third-order valence-corrected chi connectivity index (χ3v) is 5.24. The zero-order chi connectivity index (χ0) is 19.1. The molecule has 1 aliphatic heterocycles. The van der Waals surface area contributed by atoms with Crippen molar-refractivity contribution in [3.8, 4) is 5.75 Å². The van der Waals surface area contributed by atoms with Crippen molar-refractivity contribution in [2.24, 2.45) is 0 Å². The molecule has 1 saturated heterocycles. The molecule has 1 heterocycles. The van der Waals surface area contributed by atoms with Crippen molar-refractivity contribution in [3.63, 3.8) is 0 Å². The van der Waals surface area contributed by atoms with Crippen molar-refractivity contribution in [2.45, 2.75) is 25.3 Å². The number of hydrogen-bond acceptors (Lipinski definition) is 3. The molecule has 0 unspecified atom stereocenters. The van der Waals surface area contributed by atoms with Gasteiger partial charge in [0.2, 0.25) is 0 Å². The summed E-state index contributed by atoms with van der Waals surface area (Å²) in [4.78, 5) is 16.9. The molecule has 2 aromatic carbocycles. The van der Waals surface area contributed by atoms with E-state index in [1.54, 1.807) is 7.11 Å². The van der Waals surface area contributed by atoms with Gasteiger partial charge in [0.05, 0.1) is 7.11 Å². The molecule has 27 heavy (non-hydrogen) atoms. The van der Waals surface area contributed by atoms with Gasteiger partial charge in [-0.15, -0.1) is 0 Å². The van der Waals surface area contributed by atoms with Crippen LogP contribution in [0.5, 0.6) is 5.75 Å². The minimum atomic E-state index is -0.0390. The number of likely N-dealkylation sites (tertiary alicyclic amines) is 1. The topological polar surface area (TPSA) is 32.8 Å². The van der Waals surface area contributed by atoms with Gasteiger partial charge in [0.1, 0.15) is 5.75 Å². The monoisotopic (exact) mass is 364 g/mol. The van der Waals surface area contributed by atoms with Crippen molar-refractivity contribution < 1.29 is 9.53 Å². The first-order valence-electron chi connectivity index (χ1n) is 9.57. The van der Waals surface area contributed by atoms with Gasteiger partial charge in [0.25, 0.3) is 5.91 Å². The van der Waals surface area contributed by atoms with E-state index in [-0.39, 0.29) is 11.9 Å². The van der Waals surface area contributed by atoms with E-state index in [2.05, 4.69) is 41.8 Å². The lowest BCUT2D eigenvalue weighted by atomic mass is 10.0. The van der Waals surface area contributed by atoms with Crippen molar-refractivity contribution in [2.75, 3.05) is 31.6 Å². The van der Waals surface area contributed by atoms with Crippen LogP contribution >= 0.6 is 0 Å². The van der Waals surface area contributed by atoms with Gasteiger partial charge in [-0.2, -0.15) is 0 Å². The number of amides is 1. The highest BCUT2D eigenvalue weighted by Crippen LogP contribution is 2.26. The largest absolute Gasteiger partial charge is 0.497 e. The highest BCUT2D eigenvalue weighted by atomic mass is 16.5. The van der Waals surface area contributed by atoms with Gasteiger partial charge >= 0.3 is 0 Å². The Bertz CT molecular complexity index is 735. The minimum absolute atomic E-state index is 0.0390.